The largest absolute Gasteiger partial charge is 0.444 e. The second-order valence-corrected chi connectivity index (χ2v) is 9.02. The molecule has 1 N–H and O–H groups in total. The summed E-state index contributed by atoms with van der Waals surface area (Å²) in [5.41, 5.74) is -0.479. The number of likely N-dealkylation sites (tertiary alicyclic amines) is 1. The Kier molecular flexibility index (Phi) is 4.30. The molecule has 2 saturated heterocycles. The Balaban J connectivity index is 1.68. The molecule has 0 aliphatic carbocycles. The first-order valence-electron chi connectivity index (χ1n) is 7.10. The summed E-state index contributed by atoms with van der Waals surface area (Å²) in [4.78, 5) is 13.4. The van der Waals surface area contributed by atoms with E-state index in [0.29, 0.717) is 25.4 Å². The zero-order chi connectivity index (χ0) is 15.0. The molecule has 6 nitrogen and oxygen atoms in total. The fourth-order valence-corrected chi connectivity index (χ4v) is 4.25. The zero-order valence-electron chi connectivity index (χ0n) is 12.4. The number of hydrogen-bond donors (Lipinski definition) is 1. The first-order chi connectivity index (χ1) is 9.17. The van der Waals surface area contributed by atoms with Crippen molar-refractivity contribution in [3.63, 3.8) is 0 Å². The molecule has 2 heterocycles. The van der Waals surface area contributed by atoms with Crippen LogP contribution in [0.15, 0.2) is 0 Å². The van der Waals surface area contributed by atoms with Crippen LogP contribution in [-0.2, 0) is 14.6 Å². The Hall–Kier alpha value is -0.820. The number of ether oxygens (including phenoxy) is 1. The first kappa shape index (κ1) is 15.6. The van der Waals surface area contributed by atoms with Gasteiger partial charge in [-0.2, -0.15) is 0 Å². The van der Waals surface area contributed by atoms with Gasteiger partial charge in [-0.3, -0.25) is 0 Å². The van der Waals surface area contributed by atoms with Gasteiger partial charge < -0.3 is 15.0 Å². The molecule has 2 fully saturated rings. The van der Waals surface area contributed by atoms with Gasteiger partial charge in [0.25, 0.3) is 0 Å². The number of carbonyl (C=O) groups is 1. The van der Waals surface area contributed by atoms with Crippen molar-refractivity contribution in [2.45, 2.75) is 50.5 Å². The van der Waals surface area contributed by atoms with Crippen LogP contribution in [0, 0.1) is 0 Å². The van der Waals surface area contributed by atoms with Gasteiger partial charge >= 0.3 is 6.09 Å². The maximum absolute atomic E-state index is 11.7. The van der Waals surface area contributed by atoms with E-state index in [0.717, 1.165) is 12.8 Å². The molecular formula is C13H24N2O4S. The predicted molar refractivity (Wildman–Crippen MR) is 76.4 cm³/mol. The van der Waals surface area contributed by atoms with Crippen LogP contribution in [-0.4, -0.2) is 61.7 Å². The van der Waals surface area contributed by atoms with E-state index in [1.807, 2.05) is 20.8 Å². The van der Waals surface area contributed by atoms with Crippen LogP contribution in [0.3, 0.4) is 0 Å². The van der Waals surface area contributed by atoms with Crippen molar-refractivity contribution >= 4 is 15.9 Å². The summed E-state index contributed by atoms with van der Waals surface area (Å²) >= 11 is 0. The summed E-state index contributed by atoms with van der Waals surface area (Å²) in [6, 6.07) is 0.179. The molecule has 0 radical (unpaired) electrons. The Morgan fingerprint density at radius 2 is 2.00 bits per heavy atom. The van der Waals surface area contributed by atoms with Gasteiger partial charge in [0, 0.05) is 25.7 Å². The molecule has 2 rings (SSSR count). The van der Waals surface area contributed by atoms with E-state index in [1.165, 1.54) is 0 Å². The molecule has 0 aromatic carbocycles. The highest BCUT2D eigenvalue weighted by Gasteiger charge is 2.36. The van der Waals surface area contributed by atoms with Crippen LogP contribution in [0.25, 0.3) is 0 Å². The highest BCUT2D eigenvalue weighted by Crippen LogP contribution is 2.20. The molecule has 0 aromatic heterocycles. The van der Waals surface area contributed by atoms with Crippen molar-refractivity contribution in [3.8, 4) is 0 Å². The Bertz CT molecular complexity index is 463. The van der Waals surface area contributed by atoms with Gasteiger partial charge in [0.2, 0.25) is 0 Å². The number of nitrogens with zero attached hydrogens (tertiary/aromatic N) is 1. The van der Waals surface area contributed by atoms with E-state index in [4.69, 9.17) is 4.74 Å². The Morgan fingerprint density at radius 3 is 2.50 bits per heavy atom. The molecule has 0 aromatic rings. The standard InChI is InChI=1S/C13H24N2O4S/c1-13(2,3)19-12(16)15-8-10(9-15)14-7-11-5-4-6-20(11,17)18/h10-11,14H,4-9H2,1-3H3. The molecule has 0 saturated carbocycles. The lowest BCUT2D eigenvalue weighted by molar-refractivity contribution is 0.00539. The molecule has 0 spiro atoms. The number of nitrogens with one attached hydrogen (secondary N) is 1. The third-order valence-electron chi connectivity index (χ3n) is 3.63. The molecule has 1 atom stereocenters. The van der Waals surface area contributed by atoms with Crippen molar-refractivity contribution < 1.29 is 17.9 Å². The van der Waals surface area contributed by atoms with Crippen molar-refractivity contribution in [3.05, 3.63) is 0 Å². The quantitative estimate of drug-likeness (QED) is 0.833. The molecule has 2 aliphatic heterocycles. The van der Waals surface area contributed by atoms with Crippen molar-refractivity contribution in [1.82, 2.24) is 10.2 Å². The minimum atomic E-state index is -2.89. The second kappa shape index (κ2) is 5.52. The molecule has 1 unspecified atom stereocenters. The summed E-state index contributed by atoms with van der Waals surface area (Å²) in [6.07, 6.45) is 1.21. The average molecular weight is 304 g/mol. The van der Waals surface area contributed by atoms with Gasteiger partial charge in [-0.1, -0.05) is 0 Å². The van der Waals surface area contributed by atoms with Gasteiger partial charge in [-0.05, 0) is 33.6 Å². The molecule has 20 heavy (non-hydrogen) atoms. The fourth-order valence-electron chi connectivity index (χ4n) is 2.47. The molecule has 7 heteroatoms. The molecule has 1 amide bonds. The molecule has 0 bridgehead atoms. The molecule has 116 valence electrons. The maximum atomic E-state index is 11.7. The van der Waals surface area contributed by atoms with Crippen LogP contribution in [0.4, 0.5) is 4.79 Å². The van der Waals surface area contributed by atoms with Crippen LogP contribution < -0.4 is 5.32 Å². The normalized spacial score (nSPS) is 26.4. The third-order valence-corrected chi connectivity index (χ3v) is 5.91. The van der Waals surface area contributed by atoms with Gasteiger partial charge in [-0.15, -0.1) is 0 Å². The van der Waals surface area contributed by atoms with E-state index in [9.17, 15) is 13.2 Å². The third kappa shape index (κ3) is 3.85. The first-order valence-corrected chi connectivity index (χ1v) is 8.82. The minimum Gasteiger partial charge on any atom is -0.444 e. The number of carbonyl (C=O) groups excluding carboxylic acids is 1. The number of hydrogen-bond acceptors (Lipinski definition) is 5. The van der Waals surface area contributed by atoms with E-state index in [1.54, 1.807) is 4.90 Å². The van der Waals surface area contributed by atoms with Gasteiger partial charge in [0.05, 0.1) is 11.0 Å². The highest BCUT2D eigenvalue weighted by atomic mass is 32.2. The number of sulfone groups is 1. The summed E-state index contributed by atoms with van der Waals surface area (Å²) in [7, 11) is -2.89. The Labute approximate surface area is 120 Å². The average Bonchev–Trinajstić information content (AvgIpc) is 2.53. The van der Waals surface area contributed by atoms with Gasteiger partial charge in [0.15, 0.2) is 9.84 Å². The minimum absolute atomic E-state index is 0.179. The smallest absolute Gasteiger partial charge is 0.410 e. The molecule has 2 aliphatic rings. The Morgan fingerprint density at radius 1 is 1.35 bits per heavy atom. The van der Waals surface area contributed by atoms with Crippen LogP contribution in [0.2, 0.25) is 0 Å². The van der Waals surface area contributed by atoms with Crippen molar-refractivity contribution in [2.24, 2.45) is 0 Å². The zero-order valence-corrected chi connectivity index (χ0v) is 13.2. The summed E-state index contributed by atoms with van der Waals surface area (Å²) in [6.45, 7) is 7.18. The fraction of sp³-hybridized carbons (Fsp3) is 0.923. The summed E-state index contributed by atoms with van der Waals surface area (Å²) < 4.78 is 28.6. The van der Waals surface area contributed by atoms with Crippen LogP contribution in [0.5, 0.6) is 0 Å². The summed E-state index contributed by atoms with van der Waals surface area (Å²) in [5, 5.41) is 2.98. The second-order valence-electron chi connectivity index (χ2n) is 6.62. The van der Waals surface area contributed by atoms with E-state index in [2.05, 4.69) is 5.32 Å². The van der Waals surface area contributed by atoms with Crippen molar-refractivity contribution in [2.75, 3.05) is 25.4 Å². The lowest BCUT2D eigenvalue weighted by Gasteiger charge is -2.40. The van der Waals surface area contributed by atoms with Gasteiger partial charge in [0.1, 0.15) is 5.60 Å². The van der Waals surface area contributed by atoms with Crippen LogP contribution in [0.1, 0.15) is 33.6 Å². The monoisotopic (exact) mass is 304 g/mol. The number of rotatable bonds is 3. The lowest BCUT2D eigenvalue weighted by Crippen LogP contribution is -2.61. The van der Waals surface area contributed by atoms with Crippen molar-refractivity contribution in [1.29, 1.82) is 0 Å². The topological polar surface area (TPSA) is 75.7 Å². The lowest BCUT2D eigenvalue weighted by atomic mass is 10.1. The van der Waals surface area contributed by atoms with E-state index in [-0.39, 0.29) is 17.4 Å². The SMILES string of the molecule is CC(C)(C)OC(=O)N1CC(NCC2CCCS2(=O)=O)C1. The maximum Gasteiger partial charge on any atom is 0.410 e. The van der Waals surface area contributed by atoms with E-state index >= 15 is 0 Å². The molecular weight excluding hydrogens is 280 g/mol. The van der Waals surface area contributed by atoms with Crippen LogP contribution >= 0.6 is 0 Å². The number of amides is 1. The highest BCUT2D eigenvalue weighted by molar-refractivity contribution is 7.92. The van der Waals surface area contributed by atoms with Gasteiger partial charge in [-0.25, -0.2) is 13.2 Å². The summed E-state index contributed by atoms with van der Waals surface area (Å²) in [5.74, 6) is 0.314. The van der Waals surface area contributed by atoms with E-state index < -0.39 is 15.4 Å². The predicted octanol–water partition coefficient (Wildman–Crippen LogP) is 0.772.